The van der Waals surface area contributed by atoms with Crippen molar-refractivity contribution in [2.24, 2.45) is 5.10 Å². The molecule has 1 amide bonds. The summed E-state index contributed by atoms with van der Waals surface area (Å²) in [4.78, 5) is 44.4. The number of carbonyl (C=O) groups is 4. The van der Waals surface area contributed by atoms with E-state index >= 15 is 0 Å². The number of aromatic carboxylic acids is 2. The van der Waals surface area contributed by atoms with Crippen LogP contribution < -0.4 is 5.01 Å². The van der Waals surface area contributed by atoms with Gasteiger partial charge in [-0.1, -0.05) is 0 Å². The van der Waals surface area contributed by atoms with Crippen LogP contribution >= 0.6 is 0 Å². The molecule has 0 spiro atoms. The molecule has 0 atom stereocenters. The summed E-state index contributed by atoms with van der Waals surface area (Å²) in [7, 11) is 0. The molecule has 1 aliphatic heterocycles. The number of rotatable bonds is 4. The number of carboxylic acids is 3. The molecule has 0 saturated heterocycles. The first-order valence-electron chi connectivity index (χ1n) is 5.55. The maximum Gasteiger partial charge on any atom is 0.352 e. The van der Waals surface area contributed by atoms with Crippen LogP contribution in [-0.2, 0) is 9.59 Å². The Bertz CT molecular complexity index is 675. The Hall–Kier alpha value is -3.23. The maximum atomic E-state index is 11.7. The van der Waals surface area contributed by atoms with Gasteiger partial charge in [-0.15, -0.1) is 0 Å². The van der Waals surface area contributed by atoms with E-state index in [1.165, 1.54) is 0 Å². The number of carbonyl (C=O) groups excluding carboxylic acids is 1. The average Bonchev–Trinajstić information content (AvgIpc) is 2.80. The first-order chi connectivity index (χ1) is 9.79. The van der Waals surface area contributed by atoms with Gasteiger partial charge in [0.05, 0.1) is 23.2 Å². The minimum absolute atomic E-state index is 0.117. The van der Waals surface area contributed by atoms with Crippen molar-refractivity contribution in [1.29, 1.82) is 0 Å². The predicted molar refractivity (Wildman–Crippen MR) is 67.5 cm³/mol. The van der Waals surface area contributed by atoms with Gasteiger partial charge in [0, 0.05) is 0 Å². The van der Waals surface area contributed by atoms with Crippen molar-refractivity contribution in [3.63, 3.8) is 0 Å². The third-order valence-corrected chi connectivity index (χ3v) is 2.68. The lowest BCUT2D eigenvalue weighted by Crippen LogP contribution is -2.20. The molecule has 0 aliphatic carbocycles. The minimum Gasteiger partial charge on any atom is -0.478 e. The van der Waals surface area contributed by atoms with E-state index in [9.17, 15) is 19.2 Å². The smallest absolute Gasteiger partial charge is 0.352 e. The topological polar surface area (TPSA) is 145 Å². The zero-order chi connectivity index (χ0) is 15.7. The lowest BCUT2D eigenvalue weighted by Gasteiger charge is -2.13. The third kappa shape index (κ3) is 2.71. The molecule has 1 heterocycles. The highest BCUT2D eigenvalue weighted by atomic mass is 16.4. The van der Waals surface area contributed by atoms with Gasteiger partial charge in [0.2, 0.25) is 0 Å². The van der Waals surface area contributed by atoms with E-state index in [-0.39, 0.29) is 16.8 Å². The maximum absolute atomic E-state index is 11.7. The van der Waals surface area contributed by atoms with Crippen LogP contribution in [0.25, 0.3) is 0 Å². The Morgan fingerprint density at radius 1 is 0.952 bits per heavy atom. The zero-order valence-electron chi connectivity index (χ0n) is 10.3. The number of amides is 1. The van der Waals surface area contributed by atoms with Crippen molar-refractivity contribution in [2.45, 2.75) is 6.42 Å². The standard InChI is InChI=1S/C12H8N2O7/c15-9-4-8(12(20)21)13-14(9)7-2-5(10(16)17)1-6(3-7)11(18)19/h1-3H,4H2,(H,16,17)(H,18,19)(H,20,21). The number of carboxylic acid groups (broad SMARTS) is 3. The van der Waals surface area contributed by atoms with E-state index in [2.05, 4.69) is 5.10 Å². The Morgan fingerprint density at radius 2 is 1.48 bits per heavy atom. The molecule has 0 unspecified atom stereocenters. The summed E-state index contributed by atoms with van der Waals surface area (Å²) >= 11 is 0. The van der Waals surface area contributed by atoms with Crippen molar-refractivity contribution in [3.8, 4) is 0 Å². The number of hydrazone groups is 1. The molecule has 1 aromatic carbocycles. The highest BCUT2D eigenvalue weighted by Crippen LogP contribution is 2.24. The molecule has 0 aromatic heterocycles. The third-order valence-electron chi connectivity index (χ3n) is 2.68. The Morgan fingerprint density at radius 3 is 1.86 bits per heavy atom. The number of aliphatic carboxylic acids is 1. The molecular formula is C12H8N2O7. The van der Waals surface area contributed by atoms with Crippen LogP contribution in [0.4, 0.5) is 5.69 Å². The molecular weight excluding hydrogens is 284 g/mol. The van der Waals surface area contributed by atoms with Gasteiger partial charge in [0.1, 0.15) is 0 Å². The summed E-state index contributed by atoms with van der Waals surface area (Å²) in [6.07, 6.45) is -0.449. The van der Waals surface area contributed by atoms with Crippen LogP contribution in [0.15, 0.2) is 23.3 Å². The van der Waals surface area contributed by atoms with Crippen LogP contribution in [0, 0.1) is 0 Å². The van der Waals surface area contributed by atoms with Crippen molar-refractivity contribution < 1.29 is 34.5 Å². The number of benzene rings is 1. The Balaban J connectivity index is 2.53. The summed E-state index contributed by atoms with van der Waals surface area (Å²) in [5.74, 6) is -4.83. The minimum atomic E-state index is -1.38. The van der Waals surface area contributed by atoms with Crippen molar-refractivity contribution in [3.05, 3.63) is 29.3 Å². The van der Waals surface area contributed by atoms with Crippen LogP contribution in [0.2, 0.25) is 0 Å². The fourth-order valence-corrected chi connectivity index (χ4v) is 1.73. The number of hydrogen-bond donors (Lipinski definition) is 3. The summed E-state index contributed by atoms with van der Waals surface area (Å²) in [6, 6.07) is 3.01. The highest BCUT2D eigenvalue weighted by Gasteiger charge is 2.30. The molecule has 0 bridgehead atoms. The van der Waals surface area contributed by atoms with E-state index in [0.717, 1.165) is 18.2 Å². The monoisotopic (exact) mass is 292 g/mol. The van der Waals surface area contributed by atoms with Crippen LogP contribution in [0.1, 0.15) is 27.1 Å². The SMILES string of the molecule is O=C(O)C1=NN(c2cc(C(=O)O)cc(C(=O)O)c2)C(=O)C1. The fraction of sp³-hybridized carbons (Fsp3) is 0.0833. The van der Waals surface area contributed by atoms with Crippen molar-refractivity contribution >= 4 is 35.2 Å². The fourth-order valence-electron chi connectivity index (χ4n) is 1.73. The van der Waals surface area contributed by atoms with E-state index in [1.54, 1.807) is 0 Å². The molecule has 9 heteroatoms. The van der Waals surface area contributed by atoms with E-state index < -0.39 is 35.9 Å². The van der Waals surface area contributed by atoms with E-state index in [1.807, 2.05) is 0 Å². The Kier molecular flexibility index (Phi) is 3.40. The summed E-state index contributed by atoms with van der Waals surface area (Å²) in [5, 5.41) is 30.9. The van der Waals surface area contributed by atoms with Gasteiger partial charge in [0.15, 0.2) is 5.71 Å². The molecule has 0 radical (unpaired) electrons. The second-order valence-electron chi connectivity index (χ2n) is 4.11. The van der Waals surface area contributed by atoms with Crippen LogP contribution in [0.5, 0.6) is 0 Å². The van der Waals surface area contributed by atoms with Gasteiger partial charge in [0.25, 0.3) is 5.91 Å². The lowest BCUT2D eigenvalue weighted by molar-refractivity contribution is -0.129. The second-order valence-corrected chi connectivity index (χ2v) is 4.11. The van der Waals surface area contributed by atoms with Gasteiger partial charge in [-0.05, 0) is 18.2 Å². The first kappa shape index (κ1) is 14.2. The quantitative estimate of drug-likeness (QED) is 0.721. The van der Waals surface area contributed by atoms with Gasteiger partial charge in [-0.3, -0.25) is 4.79 Å². The van der Waals surface area contributed by atoms with Crippen LogP contribution in [-0.4, -0.2) is 44.8 Å². The molecule has 2 rings (SSSR count). The lowest BCUT2D eigenvalue weighted by atomic mass is 10.1. The van der Waals surface area contributed by atoms with Gasteiger partial charge in [-0.25, -0.2) is 14.4 Å². The Labute approximate surface area is 116 Å². The molecule has 0 fully saturated rings. The van der Waals surface area contributed by atoms with Crippen LogP contribution in [0.3, 0.4) is 0 Å². The van der Waals surface area contributed by atoms with Gasteiger partial charge < -0.3 is 15.3 Å². The molecule has 1 aliphatic rings. The van der Waals surface area contributed by atoms with E-state index in [0.29, 0.717) is 5.01 Å². The predicted octanol–water partition coefficient (Wildman–Crippen LogP) is 0.260. The molecule has 21 heavy (non-hydrogen) atoms. The highest BCUT2D eigenvalue weighted by molar-refractivity contribution is 6.42. The second kappa shape index (κ2) is 5.04. The van der Waals surface area contributed by atoms with Gasteiger partial charge in [-0.2, -0.15) is 10.1 Å². The molecule has 108 valence electrons. The zero-order valence-corrected chi connectivity index (χ0v) is 10.3. The largest absolute Gasteiger partial charge is 0.478 e. The van der Waals surface area contributed by atoms with Crippen molar-refractivity contribution in [2.75, 3.05) is 5.01 Å². The number of hydrogen-bond acceptors (Lipinski definition) is 5. The normalized spacial score (nSPS) is 14.0. The molecule has 0 saturated carbocycles. The number of anilines is 1. The summed E-state index contributed by atoms with van der Waals surface area (Å²) < 4.78 is 0. The molecule has 9 nitrogen and oxygen atoms in total. The summed E-state index contributed by atoms with van der Waals surface area (Å²) in [6.45, 7) is 0. The first-order valence-corrected chi connectivity index (χ1v) is 5.55. The molecule has 3 N–H and O–H groups in total. The number of nitrogens with zero attached hydrogens (tertiary/aromatic N) is 2. The van der Waals surface area contributed by atoms with Crippen molar-refractivity contribution in [1.82, 2.24) is 0 Å². The van der Waals surface area contributed by atoms with E-state index in [4.69, 9.17) is 15.3 Å². The average molecular weight is 292 g/mol. The molecule has 1 aromatic rings. The van der Waals surface area contributed by atoms with Gasteiger partial charge >= 0.3 is 17.9 Å². The summed E-state index contributed by atoms with van der Waals surface area (Å²) in [5.41, 5.74) is -1.22.